The van der Waals surface area contributed by atoms with Crippen LogP contribution >= 0.6 is 0 Å². The summed E-state index contributed by atoms with van der Waals surface area (Å²) in [6.45, 7) is 14.9. The average molecular weight is 972 g/mol. The number of rotatable bonds is 4. The Morgan fingerprint density at radius 3 is 1.01 bits per heavy atom. The zero-order valence-corrected chi connectivity index (χ0v) is 41.6. The number of anilines is 4. The summed E-state index contributed by atoms with van der Waals surface area (Å²) >= 11 is 1.06. The van der Waals surface area contributed by atoms with Gasteiger partial charge < -0.3 is 69.1 Å². The van der Waals surface area contributed by atoms with E-state index in [1.807, 2.05) is 0 Å². The average Bonchev–Trinajstić information content (AvgIpc) is 4.14. The Morgan fingerprint density at radius 1 is 0.357 bits per heavy atom. The minimum absolute atomic E-state index is 0.580. The van der Waals surface area contributed by atoms with Crippen LogP contribution in [0.5, 0.6) is 0 Å². The van der Waals surface area contributed by atoms with Crippen LogP contribution in [-0.4, -0.2) is 182 Å². The number of benzene rings is 4. The van der Waals surface area contributed by atoms with E-state index in [1.54, 1.807) is 0 Å². The molecule has 4 fully saturated rings. The molecule has 8 bridgehead atoms. The Labute approximate surface area is 416 Å². The van der Waals surface area contributed by atoms with Crippen LogP contribution in [0.2, 0.25) is 0 Å². The Morgan fingerprint density at radius 2 is 0.657 bits per heavy atom. The molecule has 0 atom stereocenters. The summed E-state index contributed by atoms with van der Waals surface area (Å²) < 4.78 is 8.19. The maximum atomic E-state index is 8.19. The van der Waals surface area contributed by atoms with E-state index < -0.39 is 0 Å². The fourth-order valence-corrected chi connectivity index (χ4v) is 11.0. The standard InChI is InChI=1S/C52H56N16.O.V/c1-61-17-25-65(26-18-61)37-13-5-9-33-41(37)49-53-45(33)58-50-43-35(11-7-15-39(43)67-29-21-63(3)22-30-67)47(55-50)60-52-44-36(12-8-16-40(44)68-31-23-64(4)24-32-68)48(56-52)59-51-42-34(46(54-51)57-49)10-6-14-38(42)66-27-19-62(2)20-28-66;;/h5-16H,17-32H2,1-4H3;;/q-2;;+2. The molecule has 0 amide bonds. The predicted octanol–water partition coefficient (Wildman–Crippen LogP) is 5.01. The van der Waals surface area contributed by atoms with Crippen molar-refractivity contribution in [2.24, 2.45) is 0 Å². The predicted molar refractivity (Wildman–Crippen MR) is 274 cm³/mol. The van der Waals surface area contributed by atoms with Gasteiger partial charge in [-0.2, -0.15) is 0 Å². The molecule has 4 aromatic carbocycles. The van der Waals surface area contributed by atoms with Gasteiger partial charge in [-0.3, -0.25) is 0 Å². The summed E-state index contributed by atoms with van der Waals surface area (Å²) in [6, 6.07) is 25.9. The fraction of sp³-hybridized carbons (Fsp3) is 0.385. The third-order valence-corrected chi connectivity index (χ3v) is 15.1. The van der Waals surface area contributed by atoms with Crippen LogP contribution < -0.4 is 29.6 Å². The van der Waals surface area contributed by atoms with Gasteiger partial charge in [-0.05, 0) is 63.2 Å². The van der Waals surface area contributed by atoms with E-state index in [1.165, 1.54) is 0 Å². The second-order valence-corrected chi connectivity index (χ2v) is 19.4. The van der Waals surface area contributed by atoms with Gasteiger partial charge in [0.1, 0.15) is 0 Å². The molecule has 0 unspecified atom stereocenters. The third-order valence-electron chi connectivity index (χ3n) is 15.1. The van der Waals surface area contributed by atoms with Crippen LogP contribution in [0.3, 0.4) is 0 Å². The van der Waals surface area contributed by atoms with Crippen LogP contribution in [0.25, 0.3) is 89.7 Å². The van der Waals surface area contributed by atoms with E-state index in [0.717, 1.165) is 189 Å². The van der Waals surface area contributed by atoms with Crippen LogP contribution in [0.1, 0.15) is 0 Å². The number of hydrogen-bond donors (Lipinski definition) is 0. The van der Waals surface area contributed by atoms with E-state index in [0.29, 0.717) is 45.9 Å². The van der Waals surface area contributed by atoms with Gasteiger partial charge in [-0.1, -0.05) is 48.5 Å². The molecule has 18 heteroatoms. The van der Waals surface area contributed by atoms with Crippen LogP contribution in [0.4, 0.5) is 22.7 Å². The van der Waals surface area contributed by atoms with Gasteiger partial charge in [-0.25, -0.2) is 9.97 Å². The first kappa shape index (κ1) is 44.8. The molecule has 13 rings (SSSR count). The number of hydrogen-bond acceptors (Lipinski definition) is 15. The number of fused-ring (bicyclic) bond motifs is 20. The molecule has 17 nitrogen and oxygen atoms in total. The number of aromatic nitrogens is 8. The van der Waals surface area contributed by atoms with Gasteiger partial charge in [0.2, 0.25) is 0 Å². The van der Waals surface area contributed by atoms with Crippen molar-refractivity contribution in [2.45, 2.75) is 0 Å². The van der Waals surface area contributed by atoms with Crippen molar-refractivity contribution in [2.75, 3.05) is 153 Å². The molecule has 6 aliphatic heterocycles. The minimum atomic E-state index is 0.580. The molecule has 0 aliphatic carbocycles. The summed E-state index contributed by atoms with van der Waals surface area (Å²) in [4.78, 5) is 63.0. The number of likely N-dealkylation sites (N-methyl/N-ethyl adjacent to an activating group) is 4. The summed E-state index contributed by atoms with van der Waals surface area (Å²) in [5.41, 5.74) is 10.5. The molecule has 0 N–H and O–H groups in total. The Kier molecular flexibility index (Phi) is 11.8. The van der Waals surface area contributed by atoms with Crippen molar-refractivity contribution in [3.8, 4) is 45.6 Å². The fourth-order valence-electron chi connectivity index (χ4n) is 11.0. The Balaban J connectivity index is 0.00000249. The van der Waals surface area contributed by atoms with E-state index in [-0.39, 0.29) is 0 Å². The van der Waals surface area contributed by atoms with Crippen molar-refractivity contribution in [1.29, 1.82) is 0 Å². The zero-order valence-electron chi connectivity index (χ0n) is 40.3. The van der Waals surface area contributed by atoms with Gasteiger partial charge in [0.05, 0.1) is 23.3 Å². The van der Waals surface area contributed by atoms with Crippen molar-refractivity contribution >= 4 is 66.9 Å². The van der Waals surface area contributed by atoms with E-state index in [9.17, 15) is 0 Å². The summed E-state index contributed by atoms with van der Waals surface area (Å²) in [6.07, 6.45) is 0. The van der Waals surface area contributed by atoms with Gasteiger partial charge in [0.25, 0.3) is 0 Å². The third kappa shape index (κ3) is 7.88. The summed E-state index contributed by atoms with van der Waals surface area (Å²) in [7, 11) is 8.77. The van der Waals surface area contributed by atoms with Gasteiger partial charge in [-0.15, -0.1) is 0 Å². The Hall–Kier alpha value is -6.34. The van der Waals surface area contributed by atoms with Crippen molar-refractivity contribution in [3.63, 3.8) is 0 Å². The first-order valence-corrected chi connectivity index (χ1v) is 25.0. The maximum absolute atomic E-state index is 8.19. The van der Waals surface area contributed by atoms with Crippen molar-refractivity contribution in [1.82, 2.24) is 59.5 Å². The van der Waals surface area contributed by atoms with Gasteiger partial charge in [0, 0.05) is 183 Å². The summed E-state index contributed by atoms with van der Waals surface area (Å²) in [5, 5.41) is 3.79. The Bertz CT molecular complexity index is 3090. The molecule has 9 heterocycles. The van der Waals surface area contributed by atoms with E-state index in [4.69, 9.17) is 43.5 Å². The van der Waals surface area contributed by atoms with Crippen molar-refractivity contribution < 1.29 is 21.0 Å². The molecule has 0 radical (unpaired) electrons. The van der Waals surface area contributed by atoms with Crippen LogP contribution in [-0.2, 0) is 21.0 Å². The molecule has 70 heavy (non-hydrogen) atoms. The normalized spacial score (nSPS) is 18.3. The first-order valence-electron chi connectivity index (χ1n) is 24.5. The zero-order chi connectivity index (χ0) is 47.6. The molecular weight excluding hydrogens is 916 g/mol. The monoisotopic (exact) mass is 971 g/mol. The summed E-state index contributed by atoms with van der Waals surface area (Å²) in [5.74, 6) is 2.34. The first-order chi connectivity index (χ1) is 34.3. The number of nitrogens with zero attached hydrogens (tertiary/aromatic N) is 16. The van der Waals surface area contributed by atoms with Gasteiger partial charge >= 0.3 is 21.0 Å². The number of piperazine rings is 4. The molecule has 7 aromatic rings. The SMILES string of the molecule is CN1CCN(c2cccc3c2-c2nc-3nc3[n-]c(nc4nc(nc5[n-]c(n2)c2cccc(N6CCN(C)CC6)c52)-c2cccc(N5CCN(C)CC5)c2-4)c2cccc(N4CCN(C)CC4)c32)CC1.[O]=[V+2]. The molecular formula is C52H56N16OV. The molecule has 3 aromatic heterocycles. The molecule has 0 saturated carbocycles. The van der Waals surface area contributed by atoms with Crippen molar-refractivity contribution in [3.05, 3.63) is 72.8 Å². The van der Waals surface area contributed by atoms with E-state index >= 15 is 0 Å². The van der Waals surface area contributed by atoms with Crippen LogP contribution in [0.15, 0.2) is 72.8 Å². The van der Waals surface area contributed by atoms with Crippen LogP contribution in [0, 0.1) is 0 Å². The second-order valence-electron chi connectivity index (χ2n) is 19.4. The molecule has 0 spiro atoms. The van der Waals surface area contributed by atoms with E-state index in [2.05, 4.69) is 140 Å². The second kappa shape index (κ2) is 18.4. The quantitative estimate of drug-likeness (QED) is 0.232. The molecule has 4 saturated heterocycles. The molecule has 355 valence electrons. The molecule has 6 aliphatic rings. The van der Waals surface area contributed by atoms with Gasteiger partial charge in [0.15, 0.2) is 0 Å². The topological polar surface area (TPSA) is 149 Å².